The van der Waals surface area contributed by atoms with Crippen molar-refractivity contribution < 1.29 is 9.90 Å². The molecule has 0 spiro atoms. The molecule has 0 saturated carbocycles. The highest BCUT2D eigenvalue weighted by atomic mass is 35.5. The molecule has 0 unspecified atom stereocenters. The Labute approximate surface area is 101 Å². The number of halogens is 1. The van der Waals surface area contributed by atoms with Crippen LogP contribution in [0.15, 0.2) is 18.2 Å². The summed E-state index contributed by atoms with van der Waals surface area (Å²) in [5.74, 6) is 0.456. The summed E-state index contributed by atoms with van der Waals surface area (Å²) < 4.78 is 5.09. The summed E-state index contributed by atoms with van der Waals surface area (Å²) in [6, 6.07) is 5.35. The second-order valence-electron chi connectivity index (χ2n) is 3.17. The summed E-state index contributed by atoms with van der Waals surface area (Å²) in [4.78, 5) is 12.2. The normalized spacial score (nSPS) is 10.6. The lowest BCUT2D eigenvalue weighted by Crippen LogP contribution is -2.29. The Bertz CT molecular complexity index is 541. The molecular formula is C10H9ClN2O2S. The van der Waals surface area contributed by atoms with Gasteiger partial charge in [-0.3, -0.25) is 4.90 Å². The van der Waals surface area contributed by atoms with Gasteiger partial charge in [0.15, 0.2) is 5.82 Å². The minimum atomic E-state index is -1.00. The minimum Gasteiger partial charge on any atom is -0.465 e. The van der Waals surface area contributed by atoms with Crippen LogP contribution in [0.3, 0.4) is 0 Å². The number of fused-ring (bicyclic) bond motifs is 1. The number of hydrogen-bond donors (Lipinski definition) is 1. The number of carboxylic acid groups (broad SMARTS) is 1. The number of aromatic nitrogens is 1. The van der Waals surface area contributed by atoms with Gasteiger partial charge >= 0.3 is 6.09 Å². The summed E-state index contributed by atoms with van der Waals surface area (Å²) in [5, 5.41) is 10.4. The first-order valence-electron chi connectivity index (χ1n) is 4.69. The van der Waals surface area contributed by atoms with Crippen LogP contribution in [-0.4, -0.2) is 22.1 Å². The maximum absolute atomic E-state index is 11.0. The van der Waals surface area contributed by atoms with E-state index in [2.05, 4.69) is 4.37 Å². The van der Waals surface area contributed by atoms with E-state index in [0.717, 1.165) is 10.1 Å². The van der Waals surface area contributed by atoms with Crippen molar-refractivity contribution in [2.75, 3.05) is 11.4 Å². The Morgan fingerprint density at radius 3 is 3.00 bits per heavy atom. The van der Waals surface area contributed by atoms with Crippen LogP contribution in [0.1, 0.15) is 6.92 Å². The number of anilines is 1. The van der Waals surface area contributed by atoms with Gasteiger partial charge in [-0.15, -0.1) is 0 Å². The van der Waals surface area contributed by atoms with E-state index in [0.29, 0.717) is 17.4 Å². The van der Waals surface area contributed by atoms with E-state index in [1.807, 2.05) is 6.07 Å². The van der Waals surface area contributed by atoms with Crippen molar-refractivity contribution in [3.05, 3.63) is 23.2 Å². The first-order chi connectivity index (χ1) is 7.63. The van der Waals surface area contributed by atoms with Crippen molar-refractivity contribution in [1.82, 2.24) is 4.37 Å². The fourth-order valence-electron chi connectivity index (χ4n) is 1.47. The molecule has 0 aliphatic rings. The second kappa shape index (κ2) is 4.27. The molecule has 6 heteroatoms. The van der Waals surface area contributed by atoms with Crippen molar-refractivity contribution in [1.29, 1.82) is 0 Å². The topological polar surface area (TPSA) is 53.4 Å². The largest absolute Gasteiger partial charge is 0.465 e. The van der Waals surface area contributed by atoms with Gasteiger partial charge in [0.05, 0.1) is 4.70 Å². The quantitative estimate of drug-likeness (QED) is 0.895. The maximum Gasteiger partial charge on any atom is 0.413 e. The van der Waals surface area contributed by atoms with Crippen LogP contribution >= 0.6 is 23.1 Å². The molecule has 2 aromatic rings. The molecule has 1 amide bonds. The standard InChI is InChI=1S/C10H9ClN2O2S/c1-2-13(10(14)15)9-7-5-6(11)3-4-8(7)16-12-9/h3-5H,2H2,1H3,(H,14,15). The molecule has 84 valence electrons. The van der Waals surface area contributed by atoms with E-state index in [4.69, 9.17) is 16.7 Å². The molecule has 2 rings (SSSR count). The SMILES string of the molecule is CCN(C(=O)O)c1nsc2ccc(Cl)cc12. The monoisotopic (exact) mass is 256 g/mol. The Morgan fingerprint density at radius 2 is 2.38 bits per heavy atom. The molecule has 1 N–H and O–H groups in total. The second-order valence-corrected chi connectivity index (χ2v) is 4.41. The summed E-state index contributed by atoms with van der Waals surface area (Å²) in [6.07, 6.45) is -1.00. The molecule has 16 heavy (non-hydrogen) atoms. The Kier molecular flexibility index (Phi) is 2.98. The molecule has 1 aromatic heterocycles. The molecule has 0 atom stereocenters. The molecule has 0 fully saturated rings. The number of hydrogen-bond acceptors (Lipinski definition) is 3. The molecule has 1 aromatic carbocycles. The first-order valence-corrected chi connectivity index (χ1v) is 5.84. The highest BCUT2D eigenvalue weighted by Crippen LogP contribution is 2.31. The Hall–Kier alpha value is -1.33. The van der Waals surface area contributed by atoms with Gasteiger partial charge in [0.25, 0.3) is 0 Å². The molecule has 4 nitrogen and oxygen atoms in total. The van der Waals surface area contributed by atoms with Crippen molar-refractivity contribution in [3.8, 4) is 0 Å². The third kappa shape index (κ3) is 1.83. The van der Waals surface area contributed by atoms with Gasteiger partial charge in [0.1, 0.15) is 0 Å². The van der Waals surface area contributed by atoms with E-state index >= 15 is 0 Å². The van der Waals surface area contributed by atoms with Gasteiger partial charge in [-0.1, -0.05) is 11.6 Å². The zero-order valence-electron chi connectivity index (χ0n) is 8.48. The molecule has 0 bridgehead atoms. The molecular weight excluding hydrogens is 248 g/mol. The Morgan fingerprint density at radius 1 is 1.62 bits per heavy atom. The van der Waals surface area contributed by atoms with Crippen LogP contribution in [0.2, 0.25) is 5.02 Å². The number of nitrogens with zero attached hydrogens (tertiary/aromatic N) is 2. The summed E-state index contributed by atoms with van der Waals surface area (Å²) in [5.41, 5.74) is 0. The summed E-state index contributed by atoms with van der Waals surface area (Å²) in [6.45, 7) is 2.13. The number of rotatable bonds is 2. The van der Waals surface area contributed by atoms with Gasteiger partial charge in [0, 0.05) is 17.0 Å². The van der Waals surface area contributed by atoms with Crippen LogP contribution in [0.4, 0.5) is 10.6 Å². The fraction of sp³-hybridized carbons (Fsp3) is 0.200. The zero-order chi connectivity index (χ0) is 11.7. The predicted molar refractivity (Wildman–Crippen MR) is 65.7 cm³/mol. The summed E-state index contributed by atoms with van der Waals surface area (Å²) >= 11 is 7.16. The lowest BCUT2D eigenvalue weighted by molar-refractivity contribution is 0.202. The maximum atomic E-state index is 11.0. The van der Waals surface area contributed by atoms with E-state index in [-0.39, 0.29) is 0 Å². The lowest BCUT2D eigenvalue weighted by atomic mass is 10.2. The molecule has 0 aliphatic heterocycles. The third-order valence-corrected chi connectivity index (χ3v) is 3.27. The van der Waals surface area contributed by atoms with E-state index < -0.39 is 6.09 Å². The van der Waals surface area contributed by atoms with Crippen molar-refractivity contribution in [2.24, 2.45) is 0 Å². The molecule has 0 aliphatic carbocycles. The Balaban J connectivity index is 2.59. The van der Waals surface area contributed by atoms with Crippen LogP contribution < -0.4 is 4.90 Å². The highest BCUT2D eigenvalue weighted by molar-refractivity contribution is 7.13. The van der Waals surface area contributed by atoms with Crippen LogP contribution in [0.5, 0.6) is 0 Å². The smallest absolute Gasteiger partial charge is 0.413 e. The predicted octanol–water partition coefficient (Wildman–Crippen LogP) is 3.45. The molecule has 1 heterocycles. The lowest BCUT2D eigenvalue weighted by Gasteiger charge is -2.13. The zero-order valence-corrected chi connectivity index (χ0v) is 10.0. The van der Waals surface area contributed by atoms with Gasteiger partial charge in [-0.25, -0.2) is 4.79 Å². The first kappa shape index (κ1) is 11.2. The van der Waals surface area contributed by atoms with Crippen LogP contribution in [0, 0.1) is 0 Å². The van der Waals surface area contributed by atoms with Crippen molar-refractivity contribution >= 4 is 45.1 Å². The summed E-state index contributed by atoms with van der Waals surface area (Å²) in [7, 11) is 0. The van der Waals surface area contributed by atoms with Gasteiger partial charge in [-0.2, -0.15) is 4.37 Å². The average molecular weight is 257 g/mol. The number of benzene rings is 1. The van der Waals surface area contributed by atoms with Crippen LogP contribution in [-0.2, 0) is 0 Å². The minimum absolute atomic E-state index is 0.362. The van der Waals surface area contributed by atoms with Crippen molar-refractivity contribution in [3.63, 3.8) is 0 Å². The van der Waals surface area contributed by atoms with Crippen molar-refractivity contribution in [2.45, 2.75) is 6.92 Å². The van der Waals surface area contributed by atoms with Crippen LogP contribution in [0.25, 0.3) is 10.1 Å². The van der Waals surface area contributed by atoms with E-state index in [1.165, 1.54) is 16.4 Å². The van der Waals surface area contributed by atoms with Gasteiger partial charge < -0.3 is 5.11 Å². The average Bonchev–Trinajstić information content (AvgIpc) is 2.62. The number of carbonyl (C=O) groups is 1. The fourth-order valence-corrected chi connectivity index (χ4v) is 2.40. The van der Waals surface area contributed by atoms with E-state index in [9.17, 15) is 4.79 Å². The number of amides is 1. The van der Waals surface area contributed by atoms with Gasteiger partial charge in [-0.05, 0) is 36.7 Å². The molecule has 0 saturated heterocycles. The third-order valence-electron chi connectivity index (χ3n) is 2.22. The van der Waals surface area contributed by atoms with E-state index in [1.54, 1.807) is 19.1 Å². The van der Waals surface area contributed by atoms with Gasteiger partial charge in [0.2, 0.25) is 0 Å². The highest BCUT2D eigenvalue weighted by Gasteiger charge is 2.18. The molecule has 0 radical (unpaired) electrons.